The molecule has 7 nitrogen and oxygen atoms in total. The molecule has 4 rings (SSSR count). The van der Waals surface area contributed by atoms with E-state index < -0.39 is 11.7 Å². The van der Waals surface area contributed by atoms with Gasteiger partial charge in [-0.3, -0.25) is 4.79 Å². The predicted molar refractivity (Wildman–Crippen MR) is 122 cm³/mol. The Kier molecular flexibility index (Phi) is 6.75. The molecule has 3 aromatic carbocycles. The maximum absolute atomic E-state index is 13.7. The Hall–Kier alpha value is -4.04. The lowest BCUT2D eigenvalue weighted by Crippen LogP contribution is -2.14. The predicted octanol–water partition coefficient (Wildman–Crippen LogP) is 5.13. The number of hydrogen-bond donors (Lipinski definition) is 1. The summed E-state index contributed by atoms with van der Waals surface area (Å²) >= 11 is 0. The zero-order valence-electron chi connectivity index (χ0n) is 18.2. The van der Waals surface area contributed by atoms with Gasteiger partial charge < -0.3 is 19.2 Å². The second-order valence-electron chi connectivity index (χ2n) is 7.29. The molecule has 0 fully saturated rings. The van der Waals surface area contributed by atoms with Gasteiger partial charge in [0, 0.05) is 29.9 Å². The number of anilines is 1. The van der Waals surface area contributed by atoms with Crippen molar-refractivity contribution >= 4 is 11.6 Å². The van der Waals surface area contributed by atoms with Crippen LogP contribution in [0.15, 0.2) is 71.1 Å². The first-order valence-corrected chi connectivity index (χ1v) is 10.3. The fraction of sp³-hybridized carbons (Fsp3) is 0.160. The van der Waals surface area contributed by atoms with Crippen molar-refractivity contribution in [3.8, 4) is 28.7 Å². The number of aromatic nitrogens is 2. The van der Waals surface area contributed by atoms with Crippen molar-refractivity contribution in [1.82, 2.24) is 10.2 Å². The van der Waals surface area contributed by atoms with E-state index >= 15 is 0 Å². The fourth-order valence-electron chi connectivity index (χ4n) is 3.07. The number of carbonyl (C=O) groups excluding carboxylic acids is 1. The Morgan fingerprint density at radius 2 is 1.58 bits per heavy atom. The molecule has 1 heterocycles. The summed E-state index contributed by atoms with van der Waals surface area (Å²) < 4.78 is 30.0. The van der Waals surface area contributed by atoms with E-state index in [0.717, 1.165) is 11.1 Å². The second-order valence-corrected chi connectivity index (χ2v) is 7.29. The van der Waals surface area contributed by atoms with Gasteiger partial charge in [-0.2, -0.15) is 0 Å². The number of methoxy groups -OCH3 is 1. The molecule has 0 unspecified atom stereocenters. The number of ether oxygens (including phenoxy) is 2. The van der Waals surface area contributed by atoms with Gasteiger partial charge in [0.25, 0.3) is 5.91 Å². The van der Waals surface area contributed by atoms with Crippen molar-refractivity contribution in [2.24, 2.45) is 0 Å². The van der Waals surface area contributed by atoms with Crippen LogP contribution >= 0.6 is 0 Å². The van der Waals surface area contributed by atoms with Crippen molar-refractivity contribution in [2.75, 3.05) is 25.6 Å². The normalized spacial score (nSPS) is 10.8. The van der Waals surface area contributed by atoms with Gasteiger partial charge in [-0.1, -0.05) is 17.7 Å². The first-order chi connectivity index (χ1) is 16.0. The van der Waals surface area contributed by atoms with E-state index in [0.29, 0.717) is 35.3 Å². The van der Waals surface area contributed by atoms with Crippen LogP contribution < -0.4 is 10.1 Å². The molecule has 1 amide bonds. The van der Waals surface area contributed by atoms with E-state index in [4.69, 9.17) is 13.9 Å². The third kappa shape index (κ3) is 5.42. The summed E-state index contributed by atoms with van der Waals surface area (Å²) in [6.07, 6.45) is 0. The quantitative estimate of drug-likeness (QED) is 0.377. The molecule has 0 spiro atoms. The lowest BCUT2D eigenvalue weighted by atomic mass is 10.1. The topological polar surface area (TPSA) is 86.5 Å². The van der Waals surface area contributed by atoms with Crippen LogP contribution in [0.1, 0.15) is 15.9 Å². The van der Waals surface area contributed by atoms with Crippen LogP contribution in [0.4, 0.5) is 10.1 Å². The monoisotopic (exact) mass is 447 g/mol. The molecule has 0 saturated carbocycles. The molecule has 0 saturated heterocycles. The smallest absolute Gasteiger partial charge is 0.255 e. The summed E-state index contributed by atoms with van der Waals surface area (Å²) in [6, 6.07) is 18.4. The summed E-state index contributed by atoms with van der Waals surface area (Å²) in [5, 5.41) is 10.9. The first-order valence-electron chi connectivity index (χ1n) is 10.3. The van der Waals surface area contributed by atoms with Crippen molar-refractivity contribution in [1.29, 1.82) is 0 Å². The molecule has 1 N–H and O–H groups in total. The van der Waals surface area contributed by atoms with Crippen molar-refractivity contribution < 1.29 is 23.1 Å². The highest BCUT2D eigenvalue weighted by Gasteiger charge is 2.14. The molecule has 0 radical (unpaired) electrons. The Balaban J connectivity index is 1.47. The fourth-order valence-corrected chi connectivity index (χ4v) is 3.07. The number of halogens is 1. The molecule has 0 bridgehead atoms. The van der Waals surface area contributed by atoms with Crippen molar-refractivity contribution in [2.45, 2.75) is 6.92 Å². The van der Waals surface area contributed by atoms with E-state index in [-0.39, 0.29) is 12.3 Å². The highest BCUT2D eigenvalue weighted by molar-refractivity contribution is 6.05. The molecule has 0 atom stereocenters. The van der Waals surface area contributed by atoms with Gasteiger partial charge in [0.05, 0.1) is 12.3 Å². The number of nitrogens with one attached hydrogen (secondary N) is 1. The number of amides is 1. The standard InChI is InChI=1S/C25H22FN3O4/c1-16-3-5-18(6-4-16)24-28-29-25(33-24)19-9-7-17(8-10-19)23(30)27-21-15-20(26)11-12-22(21)32-14-13-31-2/h3-12,15H,13-14H2,1-2H3,(H,27,30). The Labute approximate surface area is 190 Å². The van der Waals surface area contributed by atoms with E-state index in [2.05, 4.69) is 15.5 Å². The number of nitrogens with zero attached hydrogens (tertiary/aromatic N) is 2. The van der Waals surface area contributed by atoms with E-state index in [1.54, 1.807) is 31.4 Å². The summed E-state index contributed by atoms with van der Waals surface area (Å²) in [5.74, 6) is 0.221. The molecule has 0 aliphatic rings. The summed E-state index contributed by atoms with van der Waals surface area (Å²) in [6.45, 7) is 2.65. The SMILES string of the molecule is COCCOc1ccc(F)cc1NC(=O)c1ccc(-c2nnc(-c3ccc(C)cc3)o2)cc1. The Morgan fingerprint density at radius 3 is 2.21 bits per heavy atom. The molecule has 1 aromatic heterocycles. The van der Waals surface area contributed by atoms with Crippen molar-refractivity contribution in [3.63, 3.8) is 0 Å². The lowest BCUT2D eigenvalue weighted by Gasteiger charge is -2.12. The molecule has 0 aliphatic heterocycles. The maximum atomic E-state index is 13.7. The molecule has 4 aromatic rings. The summed E-state index contributed by atoms with van der Waals surface area (Å²) in [5.41, 5.74) is 3.25. The summed E-state index contributed by atoms with van der Waals surface area (Å²) in [7, 11) is 1.55. The number of carbonyl (C=O) groups is 1. The van der Waals surface area contributed by atoms with Gasteiger partial charge in [0.2, 0.25) is 11.8 Å². The third-order valence-corrected chi connectivity index (χ3v) is 4.85. The van der Waals surface area contributed by atoms with Gasteiger partial charge >= 0.3 is 0 Å². The van der Waals surface area contributed by atoms with E-state index in [1.807, 2.05) is 31.2 Å². The number of benzene rings is 3. The maximum Gasteiger partial charge on any atom is 0.255 e. The van der Waals surface area contributed by atoms with Gasteiger partial charge in [0.1, 0.15) is 18.2 Å². The molecule has 33 heavy (non-hydrogen) atoms. The van der Waals surface area contributed by atoms with E-state index in [1.165, 1.54) is 18.2 Å². The van der Waals surface area contributed by atoms with Gasteiger partial charge in [-0.15, -0.1) is 10.2 Å². The average Bonchev–Trinajstić information content (AvgIpc) is 3.31. The average molecular weight is 447 g/mol. The second kappa shape index (κ2) is 10.1. The highest BCUT2D eigenvalue weighted by Crippen LogP contribution is 2.27. The molecule has 168 valence electrons. The van der Waals surface area contributed by atoms with Crippen LogP contribution in [-0.2, 0) is 4.74 Å². The largest absolute Gasteiger partial charge is 0.489 e. The van der Waals surface area contributed by atoms with Crippen LogP contribution in [0.5, 0.6) is 5.75 Å². The van der Waals surface area contributed by atoms with Crippen LogP contribution in [0.3, 0.4) is 0 Å². The number of hydrogen-bond acceptors (Lipinski definition) is 6. The van der Waals surface area contributed by atoms with Gasteiger partial charge in [0.15, 0.2) is 0 Å². The molecular formula is C25H22FN3O4. The minimum absolute atomic E-state index is 0.236. The van der Waals surface area contributed by atoms with Gasteiger partial charge in [-0.25, -0.2) is 4.39 Å². The van der Waals surface area contributed by atoms with Crippen LogP contribution in [0, 0.1) is 12.7 Å². The van der Waals surface area contributed by atoms with Crippen LogP contribution in [0.25, 0.3) is 22.9 Å². The van der Waals surface area contributed by atoms with Crippen LogP contribution in [0.2, 0.25) is 0 Å². The van der Waals surface area contributed by atoms with E-state index in [9.17, 15) is 9.18 Å². The molecule has 8 heteroatoms. The zero-order valence-corrected chi connectivity index (χ0v) is 18.2. The number of aryl methyl sites for hydroxylation is 1. The number of rotatable bonds is 8. The minimum Gasteiger partial charge on any atom is -0.489 e. The molecule has 0 aliphatic carbocycles. The molecular weight excluding hydrogens is 425 g/mol. The zero-order chi connectivity index (χ0) is 23.2. The minimum atomic E-state index is -0.486. The third-order valence-electron chi connectivity index (χ3n) is 4.85. The Morgan fingerprint density at radius 1 is 0.939 bits per heavy atom. The Bertz CT molecular complexity index is 1240. The van der Waals surface area contributed by atoms with Gasteiger partial charge in [-0.05, 0) is 55.5 Å². The van der Waals surface area contributed by atoms with Crippen molar-refractivity contribution in [3.05, 3.63) is 83.7 Å². The lowest BCUT2D eigenvalue weighted by molar-refractivity contribution is 0.102. The highest BCUT2D eigenvalue weighted by atomic mass is 19.1. The summed E-state index contributed by atoms with van der Waals surface area (Å²) in [4.78, 5) is 12.7. The van der Waals surface area contributed by atoms with Crippen LogP contribution in [-0.4, -0.2) is 36.4 Å². The first kappa shape index (κ1) is 22.2.